The minimum absolute atomic E-state index is 0.150. The molecule has 0 aromatic heterocycles. The summed E-state index contributed by atoms with van der Waals surface area (Å²) in [7, 11) is -4.71. The van der Waals surface area contributed by atoms with Crippen LogP contribution in [0, 0.1) is 0 Å². The Balaban J connectivity index is 4.47. The molecule has 0 saturated heterocycles. The van der Waals surface area contributed by atoms with Crippen molar-refractivity contribution in [3.05, 3.63) is 24.3 Å². The molecule has 49 heavy (non-hydrogen) atoms. The summed E-state index contributed by atoms with van der Waals surface area (Å²) >= 11 is 0. The zero-order valence-electron chi connectivity index (χ0n) is 30.5. The van der Waals surface area contributed by atoms with Crippen molar-refractivity contribution in [2.75, 3.05) is 19.8 Å². The number of phosphoric ester groups is 1. The van der Waals surface area contributed by atoms with E-state index in [0.717, 1.165) is 77.0 Å². The average Bonchev–Trinajstić information content (AvgIpc) is 3.07. The Morgan fingerprint density at radius 2 is 1.02 bits per heavy atom. The maximum atomic E-state index is 12.5. The van der Waals surface area contributed by atoms with Crippen LogP contribution in [0.4, 0.5) is 0 Å². The monoisotopic (exact) mass is 717 g/mol. The summed E-state index contributed by atoms with van der Waals surface area (Å²) in [6.07, 6.45) is 31.1. The number of carbonyl (C=O) groups excluding carboxylic acids is 2. The van der Waals surface area contributed by atoms with E-state index in [9.17, 15) is 23.8 Å². The van der Waals surface area contributed by atoms with E-state index in [2.05, 4.69) is 42.7 Å². The normalized spacial score (nSPS) is 14.2. The Hall–Kier alpha value is -2.04. The highest BCUT2D eigenvalue weighted by Crippen LogP contribution is 2.43. The Morgan fingerprint density at radius 1 is 0.612 bits per heavy atom. The molecule has 11 nitrogen and oxygen atoms in total. The number of ether oxygens (including phenoxy) is 2. The first-order chi connectivity index (χ1) is 23.6. The fourth-order valence-corrected chi connectivity index (χ4v) is 5.65. The SMILES string of the molecule is CCCCC/C=C/CCCCCCCC(=O)O[C@H](COC(=O)CCCCCCC/C=C/CCCCCC)COP(=O)(O)OC[C@H](N)C(=O)O. The van der Waals surface area contributed by atoms with Crippen molar-refractivity contribution < 1.29 is 47.5 Å². The van der Waals surface area contributed by atoms with Crippen molar-refractivity contribution in [1.82, 2.24) is 0 Å². The van der Waals surface area contributed by atoms with Gasteiger partial charge in [0, 0.05) is 12.8 Å². The number of nitrogens with two attached hydrogens (primary N) is 1. The van der Waals surface area contributed by atoms with Crippen LogP contribution in [0.5, 0.6) is 0 Å². The highest BCUT2D eigenvalue weighted by atomic mass is 31.2. The molecule has 0 spiro atoms. The molecule has 0 bridgehead atoms. The van der Waals surface area contributed by atoms with Gasteiger partial charge in [0.1, 0.15) is 12.6 Å². The van der Waals surface area contributed by atoms with Crippen molar-refractivity contribution in [3.63, 3.8) is 0 Å². The summed E-state index contributed by atoms with van der Waals surface area (Å²) in [6, 6.07) is -1.52. The Bertz CT molecular complexity index is 942. The van der Waals surface area contributed by atoms with Gasteiger partial charge in [0.15, 0.2) is 6.10 Å². The first-order valence-corrected chi connectivity index (χ1v) is 20.4. The molecule has 0 fully saturated rings. The lowest BCUT2D eigenvalue weighted by atomic mass is 10.1. The van der Waals surface area contributed by atoms with Crippen LogP contribution < -0.4 is 5.73 Å². The molecule has 0 saturated carbocycles. The lowest BCUT2D eigenvalue weighted by Crippen LogP contribution is -2.34. The predicted molar refractivity (Wildman–Crippen MR) is 194 cm³/mol. The molecular formula is C37H68NO10P. The van der Waals surface area contributed by atoms with Gasteiger partial charge in [-0.25, -0.2) is 4.57 Å². The van der Waals surface area contributed by atoms with Crippen molar-refractivity contribution in [3.8, 4) is 0 Å². The Labute approximate surface area is 296 Å². The summed E-state index contributed by atoms with van der Waals surface area (Å²) in [5.74, 6) is -2.40. The number of phosphoric acid groups is 1. The molecular weight excluding hydrogens is 649 g/mol. The van der Waals surface area contributed by atoms with Gasteiger partial charge >= 0.3 is 25.7 Å². The molecule has 3 atom stereocenters. The molecule has 12 heteroatoms. The number of unbranched alkanes of at least 4 members (excludes halogenated alkanes) is 17. The van der Waals surface area contributed by atoms with Gasteiger partial charge in [0.2, 0.25) is 0 Å². The molecule has 0 aliphatic carbocycles. The third-order valence-corrected chi connectivity index (χ3v) is 8.87. The number of aliphatic carboxylic acids is 1. The zero-order chi connectivity index (χ0) is 36.4. The number of hydrogen-bond acceptors (Lipinski definition) is 9. The van der Waals surface area contributed by atoms with E-state index in [-0.39, 0.29) is 19.4 Å². The van der Waals surface area contributed by atoms with Crippen LogP contribution in [-0.2, 0) is 37.5 Å². The van der Waals surface area contributed by atoms with E-state index >= 15 is 0 Å². The second kappa shape index (κ2) is 33.1. The second-order valence-corrected chi connectivity index (χ2v) is 14.2. The number of carboxylic acid groups (broad SMARTS) is 1. The molecule has 0 heterocycles. The van der Waals surface area contributed by atoms with E-state index in [0.29, 0.717) is 12.8 Å². The van der Waals surface area contributed by atoms with Crippen LogP contribution in [0.1, 0.15) is 162 Å². The number of carbonyl (C=O) groups is 3. The second-order valence-electron chi connectivity index (χ2n) is 12.7. The summed E-state index contributed by atoms with van der Waals surface area (Å²) in [5, 5.41) is 8.85. The third kappa shape index (κ3) is 32.9. The molecule has 0 aliphatic rings. The van der Waals surface area contributed by atoms with Crippen LogP contribution in [-0.4, -0.2) is 59.9 Å². The topological polar surface area (TPSA) is 172 Å². The first-order valence-electron chi connectivity index (χ1n) is 18.9. The minimum Gasteiger partial charge on any atom is -0.480 e. The quantitative estimate of drug-likeness (QED) is 0.0247. The molecule has 0 amide bonds. The van der Waals surface area contributed by atoms with Crippen molar-refractivity contribution in [1.29, 1.82) is 0 Å². The fourth-order valence-electron chi connectivity index (χ4n) is 4.88. The zero-order valence-corrected chi connectivity index (χ0v) is 31.4. The van der Waals surface area contributed by atoms with Gasteiger partial charge in [0.25, 0.3) is 0 Å². The lowest BCUT2D eigenvalue weighted by molar-refractivity contribution is -0.161. The van der Waals surface area contributed by atoms with Gasteiger partial charge in [-0.1, -0.05) is 109 Å². The number of esters is 2. The standard InChI is InChI=1S/C37H68NO10P/c1-3-5-7-9-11-13-15-17-19-20-22-24-26-28-35(39)45-30-33(31-46-49(43,44)47-32-34(38)37(41)42)48-36(40)29-27-25-23-21-18-16-14-12-10-8-6-4-2/h12-15,33-34H,3-11,16-32,38H2,1-2H3,(H,41,42)(H,43,44)/b14-12+,15-13+/t33-,34+/m1/s1. The number of allylic oxidation sites excluding steroid dienone is 4. The molecule has 4 N–H and O–H groups in total. The van der Waals surface area contributed by atoms with E-state index < -0.39 is 51.1 Å². The van der Waals surface area contributed by atoms with Crippen LogP contribution in [0.2, 0.25) is 0 Å². The number of carboxylic acids is 1. The molecule has 0 aromatic carbocycles. The summed E-state index contributed by atoms with van der Waals surface area (Å²) in [6.45, 7) is 2.72. The van der Waals surface area contributed by atoms with Gasteiger partial charge in [-0.15, -0.1) is 0 Å². The largest absolute Gasteiger partial charge is 0.480 e. The van der Waals surface area contributed by atoms with Gasteiger partial charge < -0.3 is 25.2 Å². The van der Waals surface area contributed by atoms with Crippen molar-refractivity contribution >= 4 is 25.7 Å². The Morgan fingerprint density at radius 3 is 1.53 bits per heavy atom. The maximum absolute atomic E-state index is 12.5. The maximum Gasteiger partial charge on any atom is 0.472 e. The van der Waals surface area contributed by atoms with Crippen LogP contribution in [0.3, 0.4) is 0 Å². The average molecular weight is 718 g/mol. The van der Waals surface area contributed by atoms with Gasteiger partial charge in [-0.05, 0) is 64.2 Å². The first kappa shape index (κ1) is 47.0. The van der Waals surface area contributed by atoms with Crippen LogP contribution >= 0.6 is 7.82 Å². The van der Waals surface area contributed by atoms with Crippen molar-refractivity contribution in [2.45, 2.75) is 174 Å². The highest BCUT2D eigenvalue weighted by molar-refractivity contribution is 7.47. The molecule has 286 valence electrons. The molecule has 0 radical (unpaired) electrons. The van der Waals surface area contributed by atoms with E-state index in [1.54, 1.807) is 0 Å². The van der Waals surface area contributed by atoms with Gasteiger partial charge in [-0.2, -0.15) is 0 Å². The minimum atomic E-state index is -4.71. The highest BCUT2D eigenvalue weighted by Gasteiger charge is 2.28. The summed E-state index contributed by atoms with van der Waals surface area (Å²) in [4.78, 5) is 45.7. The molecule has 0 aliphatic heterocycles. The van der Waals surface area contributed by atoms with E-state index in [1.807, 2.05) is 0 Å². The molecule has 0 aromatic rings. The van der Waals surface area contributed by atoms with Crippen molar-refractivity contribution in [2.24, 2.45) is 5.73 Å². The van der Waals surface area contributed by atoms with Crippen LogP contribution in [0.25, 0.3) is 0 Å². The van der Waals surface area contributed by atoms with Crippen LogP contribution in [0.15, 0.2) is 24.3 Å². The summed E-state index contributed by atoms with van der Waals surface area (Å²) < 4.78 is 32.5. The van der Waals surface area contributed by atoms with Gasteiger partial charge in [0.05, 0.1) is 13.2 Å². The lowest BCUT2D eigenvalue weighted by Gasteiger charge is -2.20. The predicted octanol–water partition coefficient (Wildman–Crippen LogP) is 9.11. The van der Waals surface area contributed by atoms with E-state index in [4.69, 9.17) is 24.8 Å². The smallest absolute Gasteiger partial charge is 0.472 e. The third-order valence-electron chi connectivity index (χ3n) is 7.92. The Kier molecular flexibility index (Phi) is 31.7. The fraction of sp³-hybridized carbons (Fsp3) is 0.811. The van der Waals surface area contributed by atoms with E-state index in [1.165, 1.54) is 44.9 Å². The molecule has 1 unspecified atom stereocenters. The number of rotatable bonds is 35. The summed E-state index contributed by atoms with van der Waals surface area (Å²) in [5.41, 5.74) is 5.31. The molecule has 0 rings (SSSR count). The van der Waals surface area contributed by atoms with Gasteiger partial charge in [-0.3, -0.25) is 23.4 Å². The number of hydrogen-bond donors (Lipinski definition) is 3.